The van der Waals surface area contributed by atoms with Crippen LogP contribution in [0.25, 0.3) is 0 Å². The van der Waals surface area contributed by atoms with Gasteiger partial charge in [-0.3, -0.25) is 0 Å². The number of sulfone groups is 1. The van der Waals surface area contributed by atoms with E-state index >= 15 is 0 Å². The monoisotopic (exact) mass is 465 g/mol. The van der Waals surface area contributed by atoms with Crippen molar-refractivity contribution in [2.75, 3.05) is 0 Å². The summed E-state index contributed by atoms with van der Waals surface area (Å²) in [5.41, 5.74) is -0.211. The summed E-state index contributed by atoms with van der Waals surface area (Å²) in [6.07, 6.45) is -5.81. The van der Waals surface area contributed by atoms with Crippen molar-refractivity contribution >= 4 is 32.8 Å². The lowest BCUT2D eigenvalue weighted by molar-refractivity contribution is -0.198. The summed E-state index contributed by atoms with van der Waals surface area (Å²) in [6.45, 7) is 0. The largest absolute Gasteiger partial charge is 0.474 e. The van der Waals surface area contributed by atoms with Crippen molar-refractivity contribution in [3.63, 3.8) is 0 Å². The first-order valence-corrected chi connectivity index (χ1v) is 10.9. The molecular weight excluding hydrogens is 454 g/mol. The van der Waals surface area contributed by atoms with Gasteiger partial charge in [0, 0.05) is 23.2 Å². The Balaban J connectivity index is 1.94. The summed E-state index contributed by atoms with van der Waals surface area (Å²) in [5, 5.41) is 1.34. The van der Waals surface area contributed by atoms with Crippen molar-refractivity contribution in [2.45, 2.75) is 22.9 Å². The molecule has 3 aromatic rings. The molecule has 154 valence electrons. The molecule has 0 N–H and O–H groups in total. The van der Waals surface area contributed by atoms with Gasteiger partial charge < -0.3 is 4.74 Å². The third-order valence-electron chi connectivity index (χ3n) is 3.76. The number of alkyl halides is 3. The lowest BCUT2D eigenvalue weighted by Gasteiger charge is -2.23. The van der Waals surface area contributed by atoms with Gasteiger partial charge in [0.25, 0.3) is 0 Å². The first-order valence-electron chi connectivity index (χ1n) is 7.96. The quantitative estimate of drug-likeness (QED) is 0.445. The van der Waals surface area contributed by atoms with E-state index in [4.69, 9.17) is 16.3 Å². The Labute approximate surface area is 172 Å². The van der Waals surface area contributed by atoms with E-state index in [9.17, 15) is 26.0 Å². The number of nitrogens with zero attached hydrogens (tertiary/aromatic N) is 1. The van der Waals surface area contributed by atoms with Gasteiger partial charge in [0.2, 0.25) is 6.10 Å². The van der Waals surface area contributed by atoms with Crippen molar-refractivity contribution in [1.82, 2.24) is 4.98 Å². The van der Waals surface area contributed by atoms with Crippen LogP contribution >= 0.6 is 22.9 Å². The van der Waals surface area contributed by atoms with Crippen molar-refractivity contribution in [2.24, 2.45) is 0 Å². The van der Waals surface area contributed by atoms with Crippen molar-refractivity contribution in [3.05, 3.63) is 75.5 Å². The van der Waals surface area contributed by atoms with Gasteiger partial charge in [-0.2, -0.15) is 13.2 Å². The van der Waals surface area contributed by atoms with Gasteiger partial charge in [-0.1, -0.05) is 41.9 Å². The van der Waals surface area contributed by atoms with Crippen molar-refractivity contribution in [3.8, 4) is 5.75 Å². The van der Waals surface area contributed by atoms with E-state index in [2.05, 4.69) is 4.98 Å². The number of ether oxygens (including phenoxy) is 1. The van der Waals surface area contributed by atoms with Crippen LogP contribution < -0.4 is 4.74 Å². The Morgan fingerprint density at radius 3 is 2.45 bits per heavy atom. The average molecular weight is 466 g/mol. The van der Waals surface area contributed by atoms with Gasteiger partial charge in [-0.05, 0) is 6.07 Å². The van der Waals surface area contributed by atoms with Crippen LogP contribution in [0.15, 0.2) is 58.9 Å². The van der Waals surface area contributed by atoms with Crippen LogP contribution in [-0.2, 0) is 15.6 Å². The smallest absolute Gasteiger partial charge is 0.429 e. The maximum absolute atomic E-state index is 14.5. The Hall–Kier alpha value is -2.17. The normalized spacial score (nSPS) is 13.3. The van der Waals surface area contributed by atoms with Gasteiger partial charge in [-0.15, -0.1) is 11.3 Å². The summed E-state index contributed by atoms with van der Waals surface area (Å²) in [5.74, 6) is -2.45. The summed E-state index contributed by atoms with van der Waals surface area (Å²) in [7, 11) is -4.15. The van der Waals surface area contributed by atoms with Gasteiger partial charge in [-0.25, -0.2) is 17.8 Å². The Morgan fingerprint density at radius 2 is 1.86 bits per heavy atom. The number of hydrogen-bond acceptors (Lipinski definition) is 5. The minimum Gasteiger partial charge on any atom is -0.474 e. The van der Waals surface area contributed by atoms with E-state index < -0.39 is 49.4 Å². The van der Waals surface area contributed by atoms with E-state index in [1.165, 1.54) is 36.5 Å². The fourth-order valence-electron chi connectivity index (χ4n) is 2.48. The molecule has 4 nitrogen and oxygen atoms in total. The van der Waals surface area contributed by atoms with Gasteiger partial charge in [0.05, 0.1) is 5.02 Å². The highest BCUT2D eigenvalue weighted by Gasteiger charge is 2.43. The third-order valence-corrected chi connectivity index (χ3v) is 6.66. The number of rotatable bonds is 6. The van der Waals surface area contributed by atoms with Crippen LogP contribution in [0.5, 0.6) is 5.75 Å². The van der Waals surface area contributed by atoms with Gasteiger partial charge in [0.15, 0.2) is 9.84 Å². The Morgan fingerprint density at radius 1 is 1.17 bits per heavy atom. The SMILES string of the molecule is O=S(=O)(Cc1nccs1)c1cc(Cl)c(O[C@H](c2ccccc2)C(F)(F)F)cc1F. The highest BCUT2D eigenvalue weighted by Crippen LogP contribution is 2.40. The maximum Gasteiger partial charge on any atom is 0.429 e. The number of aromatic nitrogens is 1. The topological polar surface area (TPSA) is 56.3 Å². The molecular formula is C18H12ClF4NO3S2. The molecule has 1 heterocycles. The second kappa shape index (κ2) is 8.29. The molecule has 1 atom stereocenters. The van der Waals surface area contributed by atoms with E-state index in [0.717, 1.165) is 17.4 Å². The zero-order valence-electron chi connectivity index (χ0n) is 14.4. The molecule has 0 spiro atoms. The van der Waals surface area contributed by atoms with E-state index in [1.54, 1.807) is 5.38 Å². The molecule has 0 amide bonds. The van der Waals surface area contributed by atoms with Crippen LogP contribution in [0.1, 0.15) is 16.7 Å². The lowest BCUT2D eigenvalue weighted by atomic mass is 10.1. The molecule has 2 aromatic carbocycles. The molecule has 1 aromatic heterocycles. The molecule has 0 aliphatic carbocycles. The Bertz CT molecular complexity index is 1090. The first kappa shape index (κ1) is 21.5. The Kier molecular flexibility index (Phi) is 6.16. The maximum atomic E-state index is 14.5. The lowest BCUT2D eigenvalue weighted by Crippen LogP contribution is -2.26. The average Bonchev–Trinajstić information content (AvgIpc) is 3.13. The molecule has 3 rings (SSSR count). The molecule has 0 radical (unpaired) electrons. The van der Waals surface area contributed by atoms with Crippen LogP contribution in [0.4, 0.5) is 17.6 Å². The molecule has 0 aliphatic heterocycles. The number of halogens is 5. The van der Waals surface area contributed by atoms with Crippen LogP contribution in [0, 0.1) is 5.82 Å². The first-order chi connectivity index (χ1) is 13.6. The number of thiazole rings is 1. The molecule has 0 unspecified atom stereocenters. The van der Waals surface area contributed by atoms with Crippen molar-refractivity contribution in [1.29, 1.82) is 0 Å². The van der Waals surface area contributed by atoms with Gasteiger partial charge >= 0.3 is 6.18 Å². The summed E-state index contributed by atoms with van der Waals surface area (Å²) in [4.78, 5) is 3.09. The number of hydrogen-bond donors (Lipinski definition) is 0. The molecule has 0 fully saturated rings. The molecule has 0 aliphatic rings. The highest BCUT2D eigenvalue weighted by atomic mass is 35.5. The zero-order chi connectivity index (χ0) is 21.2. The highest BCUT2D eigenvalue weighted by molar-refractivity contribution is 7.90. The van der Waals surface area contributed by atoms with Crippen molar-refractivity contribution < 1.29 is 30.7 Å². The fraction of sp³-hybridized carbons (Fsp3) is 0.167. The summed E-state index contributed by atoms with van der Waals surface area (Å²) < 4.78 is 84.6. The van der Waals surface area contributed by atoms with E-state index in [-0.39, 0.29) is 10.6 Å². The van der Waals surface area contributed by atoms with Gasteiger partial charge in [0.1, 0.15) is 27.2 Å². The molecule has 29 heavy (non-hydrogen) atoms. The summed E-state index contributed by atoms with van der Waals surface area (Å²) in [6, 6.07) is 8.02. The summed E-state index contributed by atoms with van der Waals surface area (Å²) >= 11 is 7.01. The minimum absolute atomic E-state index is 0.211. The minimum atomic E-state index is -4.81. The molecule has 0 saturated carbocycles. The second-order valence-electron chi connectivity index (χ2n) is 5.85. The van der Waals surface area contributed by atoms with Crippen LogP contribution in [0.2, 0.25) is 5.02 Å². The molecule has 0 saturated heterocycles. The van der Waals surface area contributed by atoms with Crippen LogP contribution in [0.3, 0.4) is 0 Å². The molecule has 0 bridgehead atoms. The van der Waals surface area contributed by atoms with E-state index in [0.29, 0.717) is 6.07 Å². The second-order valence-corrected chi connectivity index (χ2v) is 9.19. The molecule has 11 heteroatoms. The third kappa shape index (κ3) is 5.06. The predicted octanol–water partition coefficient (Wildman–Crippen LogP) is 5.59. The fourth-order valence-corrected chi connectivity index (χ4v) is 5.10. The number of benzene rings is 2. The van der Waals surface area contributed by atoms with Crippen LogP contribution in [-0.4, -0.2) is 19.6 Å². The predicted molar refractivity (Wildman–Crippen MR) is 100 cm³/mol. The zero-order valence-corrected chi connectivity index (χ0v) is 16.7. The standard InChI is InChI=1S/C18H12ClF4NO3S2/c19-12-8-15(29(25,26)10-16-24-6-7-28-16)13(20)9-14(12)27-17(18(21,22)23)11-4-2-1-3-5-11/h1-9,17H,10H2/t17-/m1/s1. The van der Waals surface area contributed by atoms with E-state index in [1.807, 2.05) is 0 Å².